The molecule has 0 saturated carbocycles. The molecule has 0 atom stereocenters. The van der Waals surface area contributed by atoms with E-state index in [0.29, 0.717) is 28.9 Å². The third kappa shape index (κ3) is 9.14. The smallest absolute Gasteiger partial charge is 0.159 e. The van der Waals surface area contributed by atoms with Gasteiger partial charge in [0.05, 0.1) is 34.0 Å². The summed E-state index contributed by atoms with van der Waals surface area (Å²) in [5, 5.41) is 21.0. The van der Waals surface area contributed by atoms with Crippen molar-refractivity contribution in [3.05, 3.63) is 343 Å². The maximum atomic E-state index is 11.8. The van der Waals surface area contributed by atoms with Crippen LogP contribution in [0.3, 0.4) is 0 Å². The van der Waals surface area contributed by atoms with Crippen LogP contribution in [0.2, 0.25) is 0 Å². The summed E-state index contributed by atoms with van der Waals surface area (Å²) in [7, 11) is 0. The van der Waals surface area contributed by atoms with Crippen LogP contribution in [0.25, 0.3) is 98.4 Å². The van der Waals surface area contributed by atoms with E-state index in [4.69, 9.17) is 13.8 Å². The summed E-state index contributed by atoms with van der Waals surface area (Å²) in [6, 6.07) is 114. The molecular formula is C88H57N5O2. The monoisotopic (exact) mass is 1220 g/mol. The molecule has 0 unspecified atom stereocenters. The minimum absolute atomic E-state index is 0.390. The predicted octanol–water partition coefficient (Wildman–Crippen LogP) is 24.2. The number of fused-ring (bicyclic) bond motifs is 15. The van der Waals surface area contributed by atoms with Crippen LogP contribution in [0.15, 0.2) is 329 Å². The number of para-hydroxylation sites is 6. The van der Waals surface area contributed by atoms with Crippen molar-refractivity contribution in [3.63, 3.8) is 0 Å². The Kier molecular flexibility index (Phi) is 13.1. The molecule has 95 heavy (non-hydrogen) atoms. The molecule has 0 N–H and O–H groups in total. The van der Waals surface area contributed by atoms with Crippen molar-refractivity contribution in [3.8, 4) is 28.3 Å². The molecule has 0 saturated heterocycles. The number of rotatable bonds is 11. The van der Waals surface area contributed by atoms with Gasteiger partial charge in [-0.1, -0.05) is 218 Å². The fraction of sp³-hybridized carbons (Fsp3) is 0.0227. The van der Waals surface area contributed by atoms with E-state index in [0.717, 1.165) is 139 Å². The van der Waals surface area contributed by atoms with Crippen molar-refractivity contribution < 1.29 is 8.83 Å². The highest BCUT2D eigenvalue weighted by molar-refractivity contribution is 6.39. The second-order valence-corrected chi connectivity index (χ2v) is 24.5. The molecule has 0 amide bonds. The first-order valence-corrected chi connectivity index (χ1v) is 32.2. The number of furan rings is 2. The summed E-state index contributed by atoms with van der Waals surface area (Å²) in [4.78, 5) is 12.7. The third-order valence-corrected chi connectivity index (χ3v) is 18.9. The highest BCUT2D eigenvalue weighted by Gasteiger charge is 2.31. The molecule has 2 aromatic heterocycles. The summed E-state index contributed by atoms with van der Waals surface area (Å²) >= 11 is 0. The standard InChI is InChI=1S/C88H57N5O2/c1-56-45-47-67-60(49-56)55-91(77-42-21-20-37-69(67)77)65-46-48-71-75-53-80(92(62-31-14-5-15-32-62)63-33-16-6-17-34-63)76-52-74(85(58-27-10-3-11-28-58)90-61-29-12-4-13-30-61)73-50-59(54-89)86-83(82(73)84(76)88(75)94-81(71)51-65)72-41-24-44-79(87(72)95-86)93(64-35-18-7-19-36-64)78-43-23-39-68-66(38-22-40-70(68)78)57-25-8-2-9-26-57/h2-53H,55H2,1H3/b90-85-. The minimum atomic E-state index is 0.390. The number of hydrogen-bond donors (Lipinski definition) is 0. The fourth-order valence-electron chi connectivity index (χ4n) is 14.7. The number of anilines is 8. The van der Waals surface area contributed by atoms with Gasteiger partial charge in [0, 0.05) is 101 Å². The SMILES string of the molecule is Cc1ccc2c(c1)CN(c1ccc3c(c1)oc1c3cc(N(c3ccccc3)c3ccccc3)c3cc(/C(=N\c4ccccc4)c4ccccc4)c4cc(C#N)c5oc6c(N(c7ccccc7)c7cccc8c(-c9ccccc9)cccc78)cccc6c5c4c31)c1ccccc1-2. The van der Waals surface area contributed by atoms with Gasteiger partial charge in [-0.25, -0.2) is 4.99 Å². The normalized spacial score (nSPS) is 12.3. The van der Waals surface area contributed by atoms with Crippen molar-refractivity contribution >= 4 is 133 Å². The van der Waals surface area contributed by atoms with E-state index < -0.39 is 0 Å². The zero-order valence-electron chi connectivity index (χ0n) is 51.8. The molecule has 7 heteroatoms. The lowest BCUT2D eigenvalue weighted by Crippen LogP contribution is -2.21. The Hall–Kier alpha value is -12.8. The number of aryl methyl sites for hydroxylation is 1. The van der Waals surface area contributed by atoms with Crippen LogP contribution in [0.4, 0.5) is 51.2 Å². The molecular weight excluding hydrogens is 1160 g/mol. The summed E-state index contributed by atoms with van der Waals surface area (Å²) in [5.74, 6) is 0. The molecule has 17 aromatic rings. The van der Waals surface area contributed by atoms with Gasteiger partial charge in [-0.2, -0.15) is 5.26 Å². The van der Waals surface area contributed by atoms with E-state index in [1.165, 1.54) is 22.3 Å². The summed E-state index contributed by atoms with van der Waals surface area (Å²) < 4.78 is 15.2. The molecule has 1 aliphatic rings. The lowest BCUT2D eigenvalue weighted by atomic mass is 9.87. The quantitative estimate of drug-likeness (QED) is 0.0949. The van der Waals surface area contributed by atoms with Crippen LogP contribution in [-0.4, -0.2) is 5.71 Å². The van der Waals surface area contributed by atoms with Crippen LogP contribution in [0.5, 0.6) is 0 Å². The molecule has 7 nitrogen and oxygen atoms in total. The first kappa shape index (κ1) is 55.1. The highest BCUT2D eigenvalue weighted by atomic mass is 16.3. The van der Waals surface area contributed by atoms with E-state index in [-0.39, 0.29) is 0 Å². The van der Waals surface area contributed by atoms with Crippen molar-refractivity contribution in [2.24, 2.45) is 4.99 Å². The molecule has 1 aliphatic heterocycles. The van der Waals surface area contributed by atoms with Gasteiger partial charge in [-0.15, -0.1) is 0 Å². The summed E-state index contributed by atoms with van der Waals surface area (Å²) in [6.45, 7) is 2.86. The Labute approximate surface area is 548 Å². The Morgan fingerprint density at radius 2 is 1.02 bits per heavy atom. The zero-order chi connectivity index (χ0) is 63.1. The van der Waals surface area contributed by atoms with E-state index in [1.807, 2.05) is 42.5 Å². The molecule has 0 spiro atoms. The second kappa shape index (κ2) is 22.6. The predicted molar refractivity (Wildman–Crippen MR) is 394 cm³/mol. The average molecular weight is 1220 g/mol. The molecule has 0 bridgehead atoms. The Balaban J connectivity index is 0.997. The van der Waals surface area contributed by atoms with E-state index in [9.17, 15) is 5.26 Å². The largest absolute Gasteiger partial charge is 0.455 e. The van der Waals surface area contributed by atoms with Gasteiger partial charge in [0.15, 0.2) is 11.2 Å². The van der Waals surface area contributed by atoms with Crippen LogP contribution in [0.1, 0.15) is 27.8 Å². The van der Waals surface area contributed by atoms with E-state index in [2.05, 4.69) is 301 Å². The first-order chi connectivity index (χ1) is 47.0. The summed E-state index contributed by atoms with van der Waals surface area (Å²) in [5.41, 5.74) is 21.2. The van der Waals surface area contributed by atoms with E-state index in [1.54, 1.807) is 0 Å². The molecule has 15 aromatic carbocycles. The van der Waals surface area contributed by atoms with Crippen LogP contribution in [-0.2, 0) is 6.54 Å². The van der Waals surface area contributed by atoms with Crippen molar-refractivity contribution in [1.82, 2.24) is 0 Å². The Morgan fingerprint density at radius 1 is 0.411 bits per heavy atom. The molecule has 18 rings (SSSR count). The van der Waals surface area contributed by atoms with Crippen molar-refractivity contribution in [2.75, 3.05) is 14.7 Å². The Morgan fingerprint density at radius 3 is 1.75 bits per heavy atom. The minimum Gasteiger partial charge on any atom is -0.455 e. The van der Waals surface area contributed by atoms with E-state index >= 15 is 0 Å². The van der Waals surface area contributed by atoms with Gasteiger partial charge in [0.2, 0.25) is 0 Å². The van der Waals surface area contributed by atoms with Gasteiger partial charge in [-0.3, -0.25) is 0 Å². The lowest BCUT2D eigenvalue weighted by Gasteiger charge is -2.33. The van der Waals surface area contributed by atoms with Gasteiger partial charge in [0.1, 0.15) is 17.2 Å². The maximum Gasteiger partial charge on any atom is 0.159 e. The Bertz CT molecular complexity index is 5920. The number of nitriles is 1. The van der Waals surface area contributed by atoms with Crippen LogP contribution >= 0.6 is 0 Å². The number of benzene rings is 15. The fourth-order valence-corrected chi connectivity index (χ4v) is 14.7. The van der Waals surface area contributed by atoms with Crippen molar-refractivity contribution in [1.29, 1.82) is 5.26 Å². The van der Waals surface area contributed by atoms with Gasteiger partial charge in [0.25, 0.3) is 0 Å². The van der Waals surface area contributed by atoms with Gasteiger partial charge < -0.3 is 23.5 Å². The molecule has 3 heterocycles. The molecule has 0 aliphatic carbocycles. The van der Waals surface area contributed by atoms with Crippen LogP contribution in [0, 0.1) is 18.3 Å². The number of nitrogens with zero attached hydrogens (tertiary/aromatic N) is 5. The van der Waals surface area contributed by atoms with Gasteiger partial charge >= 0.3 is 0 Å². The van der Waals surface area contributed by atoms with Crippen molar-refractivity contribution in [2.45, 2.75) is 13.5 Å². The summed E-state index contributed by atoms with van der Waals surface area (Å²) in [6.07, 6.45) is 0. The molecule has 0 radical (unpaired) electrons. The molecule has 0 fully saturated rings. The first-order valence-electron chi connectivity index (χ1n) is 32.2. The molecule has 446 valence electrons. The number of aliphatic imine (C=N–C) groups is 1. The zero-order valence-corrected chi connectivity index (χ0v) is 51.8. The third-order valence-electron chi connectivity index (χ3n) is 18.9. The number of hydrogen-bond acceptors (Lipinski definition) is 7. The highest BCUT2D eigenvalue weighted by Crippen LogP contribution is 2.54. The van der Waals surface area contributed by atoms with Crippen LogP contribution < -0.4 is 14.7 Å². The van der Waals surface area contributed by atoms with Gasteiger partial charge in [-0.05, 0) is 137 Å². The average Bonchev–Trinajstić information content (AvgIpc) is 1.59. The second-order valence-electron chi connectivity index (χ2n) is 24.5. The maximum absolute atomic E-state index is 11.8. The topological polar surface area (TPSA) is 72.1 Å². The lowest BCUT2D eigenvalue weighted by molar-refractivity contribution is 0.668.